The van der Waals surface area contributed by atoms with Gasteiger partial charge in [-0.1, -0.05) is 11.6 Å². The fraction of sp³-hybridized carbons (Fsp3) is 0. The van der Waals surface area contributed by atoms with Crippen LogP contribution in [0.4, 0.5) is 5.82 Å². The van der Waals surface area contributed by atoms with Gasteiger partial charge >= 0.3 is 0 Å². The minimum Gasteiger partial charge on any atom is -0.508 e. The van der Waals surface area contributed by atoms with Gasteiger partial charge in [0.15, 0.2) is 0 Å². The number of carbonyl (C=O) groups is 1. The first kappa shape index (κ1) is 12.6. The molecule has 1 aromatic heterocycles. The predicted octanol–water partition coefficient (Wildman–Crippen LogP) is 2.74. The molecule has 2 N–H and O–H groups in total. The largest absolute Gasteiger partial charge is 0.508 e. The van der Waals surface area contributed by atoms with Gasteiger partial charge in [0.2, 0.25) is 5.28 Å². The molecule has 0 radical (unpaired) electrons. The highest BCUT2D eigenvalue weighted by Crippen LogP contribution is 2.16. The van der Waals surface area contributed by atoms with E-state index >= 15 is 0 Å². The first-order chi connectivity index (χ1) is 8.54. The Bertz CT molecular complexity index is 567. The van der Waals surface area contributed by atoms with Crippen molar-refractivity contribution >= 4 is 34.9 Å². The van der Waals surface area contributed by atoms with E-state index in [0.29, 0.717) is 5.56 Å². The van der Waals surface area contributed by atoms with Crippen LogP contribution in [-0.2, 0) is 0 Å². The number of rotatable bonds is 2. The van der Waals surface area contributed by atoms with E-state index in [9.17, 15) is 4.79 Å². The second kappa shape index (κ2) is 5.20. The minimum absolute atomic E-state index is 0.0523. The van der Waals surface area contributed by atoms with Gasteiger partial charge in [-0.2, -0.15) is 0 Å². The lowest BCUT2D eigenvalue weighted by atomic mass is 10.2. The molecule has 0 aliphatic rings. The summed E-state index contributed by atoms with van der Waals surface area (Å²) in [6.45, 7) is 0. The topological polar surface area (TPSA) is 75.1 Å². The molecule has 5 nitrogen and oxygen atoms in total. The third kappa shape index (κ3) is 3.09. The Kier molecular flexibility index (Phi) is 3.64. The number of phenolic OH excluding ortho intramolecular Hbond substituents is 1. The van der Waals surface area contributed by atoms with Crippen molar-refractivity contribution < 1.29 is 9.90 Å². The molecule has 0 saturated carbocycles. The van der Waals surface area contributed by atoms with Crippen LogP contribution >= 0.6 is 23.2 Å². The molecule has 0 aliphatic carbocycles. The lowest BCUT2D eigenvalue weighted by molar-refractivity contribution is 0.102. The summed E-state index contributed by atoms with van der Waals surface area (Å²) < 4.78 is 0. The third-order valence-electron chi connectivity index (χ3n) is 2.04. The Morgan fingerprint density at radius 2 is 1.83 bits per heavy atom. The van der Waals surface area contributed by atoms with Crippen LogP contribution < -0.4 is 5.32 Å². The van der Waals surface area contributed by atoms with Crippen LogP contribution in [-0.4, -0.2) is 21.0 Å². The second-order valence-corrected chi connectivity index (χ2v) is 4.07. The van der Waals surface area contributed by atoms with Crippen molar-refractivity contribution in [3.63, 3.8) is 0 Å². The first-order valence-electron chi connectivity index (χ1n) is 4.85. The summed E-state index contributed by atoms with van der Waals surface area (Å²) in [5.74, 6) is -0.0985. The number of amides is 1. The number of hydrogen-bond acceptors (Lipinski definition) is 4. The van der Waals surface area contributed by atoms with Crippen LogP contribution in [0.5, 0.6) is 5.75 Å². The zero-order valence-electron chi connectivity index (χ0n) is 8.89. The molecular formula is C11H7Cl2N3O2. The standard InChI is InChI=1S/C11H7Cl2N3O2/c12-8-5-9(16-11(13)14-8)15-10(18)6-1-3-7(17)4-2-6/h1-5,17H,(H,14,15,16,18). The quantitative estimate of drug-likeness (QED) is 0.656. The van der Waals surface area contributed by atoms with Gasteiger partial charge in [0.25, 0.3) is 5.91 Å². The Hall–Kier alpha value is -1.85. The Morgan fingerprint density at radius 1 is 1.17 bits per heavy atom. The van der Waals surface area contributed by atoms with Crippen LogP contribution in [0.3, 0.4) is 0 Å². The van der Waals surface area contributed by atoms with Crippen molar-refractivity contribution in [2.45, 2.75) is 0 Å². The molecule has 0 spiro atoms. The number of aromatic nitrogens is 2. The van der Waals surface area contributed by atoms with Gasteiger partial charge in [-0.15, -0.1) is 0 Å². The number of anilines is 1. The molecule has 1 aromatic carbocycles. The molecule has 0 fully saturated rings. The van der Waals surface area contributed by atoms with Gasteiger partial charge in [0, 0.05) is 11.6 Å². The van der Waals surface area contributed by atoms with Gasteiger partial charge in [-0.05, 0) is 35.9 Å². The molecule has 92 valence electrons. The van der Waals surface area contributed by atoms with E-state index < -0.39 is 0 Å². The van der Waals surface area contributed by atoms with Gasteiger partial charge < -0.3 is 10.4 Å². The van der Waals surface area contributed by atoms with Crippen LogP contribution in [0.2, 0.25) is 10.4 Å². The van der Waals surface area contributed by atoms with E-state index in [1.54, 1.807) is 0 Å². The molecule has 18 heavy (non-hydrogen) atoms. The summed E-state index contributed by atoms with van der Waals surface area (Å²) in [4.78, 5) is 19.3. The van der Waals surface area contributed by atoms with Gasteiger partial charge in [-0.3, -0.25) is 4.79 Å². The number of aromatic hydroxyl groups is 1. The van der Waals surface area contributed by atoms with Gasteiger partial charge in [-0.25, -0.2) is 9.97 Å². The summed E-state index contributed by atoms with van der Waals surface area (Å²) in [7, 11) is 0. The maximum Gasteiger partial charge on any atom is 0.256 e. The molecule has 1 heterocycles. The normalized spacial score (nSPS) is 10.1. The summed E-state index contributed by atoms with van der Waals surface area (Å²) in [6.07, 6.45) is 0. The summed E-state index contributed by atoms with van der Waals surface area (Å²) in [5.41, 5.74) is 0.374. The average molecular weight is 284 g/mol. The average Bonchev–Trinajstić information content (AvgIpc) is 2.28. The number of nitrogens with one attached hydrogen (secondary N) is 1. The predicted molar refractivity (Wildman–Crippen MR) is 68.1 cm³/mol. The fourth-order valence-corrected chi connectivity index (χ4v) is 1.66. The van der Waals surface area contributed by atoms with E-state index in [0.717, 1.165) is 0 Å². The maximum atomic E-state index is 11.8. The lowest BCUT2D eigenvalue weighted by Crippen LogP contribution is -2.13. The Morgan fingerprint density at radius 3 is 2.44 bits per heavy atom. The second-order valence-electron chi connectivity index (χ2n) is 3.35. The van der Waals surface area contributed by atoms with Crippen LogP contribution in [0, 0.1) is 0 Å². The third-order valence-corrected chi connectivity index (χ3v) is 2.40. The molecule has 0 atom stereocenters. The summed E-state index contributed by atoms with van der Waals surface area (Å²) >= 11 is 11.3. The number of phenols is 1. The van der Waals surface area contributed by atoms with E-state index in [1.165, 1.54) is 30.3 Å². The maximum absolute atomic E-state index is 11.8. The molecule has 0 aliphatic heterocycles. The van der Waals surface area contributed by atoms with E-state index in [4.69, 9.17) is 28.3 Å². The molecular weight excluding hydrogens is 277 g/mol. The number of benzene rings is 1. The van der Waals surface area contributed by atoms with Gasteiger partial charge in [0.1, 0.15) is 16.7 Å². The van der Waals surface area contributed by atoms with E-state index in [2.05, 4.69) is 15.3 Å². The monoisotopic (exact) mass is 283 g/mol. The zero-order valence-corrected chi connectivity index (χ0v) is 10.4. The number of nitrogens with zero attached hydrogens (tertiary/aromatic N) is 2. The number of hydrogen-bond donors (Lipinski definition) is 2. The van der Waals surface area contributed by atoms with Gasteiger partial charge in [0.05, 0.1) is 0 Å². The van der Waals surface area contributed by atoms with Crippen LogP contribution in [0.25, 0.3) is 0 Å². The highest BCUT2D eigenvalue weighted by Gasteiger charge is 2.08. The van der Waals surface area contributed by atoms with Crippen molar-refractivity contribution in [3.8, 4) is 5.75 Å². The molecule has 0 bridgehead atoms. The number of halogens is 2. The zero-order chi connectivity index (χ0) is 13.1. The van der Waals surface area contributed by atoms with Crippen molar-refractivity contribution in [2.75, 3.05) is 5.32 Å². The molecule has 1 amide bonds. The SMILES string of the molecule is O=C(Nc1cc(Cl)nc(Cl)n1)c1ccc(O)cc1. The van der Waals surface area contributed by atoms with Crippen molar-refractivity contribution in [1.82, 2.24) is 9.97 Å². The molecule has 2 aromatic rings. The molecule has 2 rings (SSSR count). The van der Waals surface area contributed by atoms with Crippen molar-refractivity contribution in [1.29, 1.82) is 0 Å². The highest BCUT2D eigenvalue weighted by molar-refractivity contribution is 6.32. The van der Waals surface area contributed by atoms with Crippen molar-refractivity contribution in [3.05, 3.63) is 46.3 Å². The van der Waals surface area contributed by atoms with E-state index in [-0.39, 0.29) is 27.9 Å². The summed E-state index contributed by atoms with van der Waals surface area (Å²) in [5, 5.41) is 11.7. The minimum atomic E-state index is -0.388. The number of carbonyl (C=O) groups excluding carboxylic acids is 1. The lowest BCUT2D eigenvalue weighted by Gasteiger charge is -2.05. The molecule has 0 saturated heterocycles. The van der Waals surface area contributed by atoms with E-state index in [1.807, 2.05) is 0 Å². The summed E-state index contributed by atoms with van der Waals surface area (Å²) in [6, 6.07) is 7.17. The van der Waals surface area contributed by atoms with Crippen LogP contribution in [0.15, 0.2) is 30.3 Å². The van der Waals surface area contributed by atoms with Crippen LogP contribution in [0.1, 0.15) is 10.4 Å². The smallest absolute Gasteiger partial charge is 0.256 e. The molecule has 0 unspecified atom stereocenters. The fourth-order valence-electron chi connectivity index (χ4n) is 1.26. The highest BCUT2D eigenvalue weighted by atomic mass is 35.5. The van der Waals surface area contributed by atoms with Crippen molar-refractivity contribution in [2.24, 2.45) is 0 Å². The Balaban J connectivity index is 2.18. The molecule has 7 heteroatoms. The first-order valence-corrected chi connectivity index (χ1v) is 5.60. The Labute approximate surface area is 112 Å².